The number of nitrogens with one attached hydrogen (secondary N) is 1. The van der Waals surface area contributed by atoms with Crippen LogP contribution in [0.3, 0.4) is 0 Å². The van der Waals surface area contributed by atoms with Crippen LogP contribution in [-0.2, 0) is 17.8 Å². The highest BCUT2D eigenvalue weighted by molar-refractivity contribution is 5.73. The van der Waals surface area contributed by atoms with Gasteiger partial charge in [-0.3, -0.25) is 4.79 Å². The minimum atomic E-state index is -0.279. The Kier molecular flexibility index (Phi) is 6.43. The van der Waals surface area contributed by atoms with E-state index >= 15 is 0 Å². The Labute approximate surface area is 165 Å². The lowest BCUT2D eigenvalue weighted by Gasteiger charge is -2.18. The van der Waals surface area contributed by atoms with E-state index in [1.165, 1.54) is 19.1 Å². The van der Waals surface area contributed by atoms with Crippen molar-refractivity contribution >= 4 is 5.91 Å². The zero-order valence-corrected chi connectivity index (χ0v) is 16.2. The molecule has 0 aliphatic carbocycles. The number of carbonyl (C=O) groups is 1. The number of ether oxygens (including phenoxy) is 1. The average Bonchev–Trinajstić information content (AvgIpc) is 2.68. The fourth-order valence-electron chi connectivity index (χ4n) is 3.18. The molecule has 0 heterocycles. The molecule has 0 aliphatic heterocycles. The zero-order chi connectivity index (χ0) is 19.9. The summed E-state index contributed by atoms with van der Waals surface area (Å²) >= 11 is 0. The SMILES string of the molecule is CC(=O)NCCc1c(OCc2ccccc2)cc(C)cc1-c1cccc(F)c1. The molecule has 144 valence electrons. The summed E-state index contributed by atoms with van der Waals surface area (Å²) in [5.74, 6) is 0.401. The van der Waals surface area contributed by atoms with Crippen LogP contribution in [0, 0.1) is 12.7 Å². The summed E-state index contributed by atoms with van der Waals surface area (Å²) in [7, 11) is 0. The molecule has 0 bridgehead atoms. The monoisotopic (exact) mass is 377 g/mol. The summed E-state index contributed by atoms with van der Waals surface area (Å²) < 4.78 is 20.0. The number of halogens is 1. The van der Waals surface area contributed by atoms with Crippen molar-refractivity contribution in [3.8, 4) is 16.9 Å². The topological polar surface area (TPSA) is 38.3 Å². The molecule has 0 saturated carbocycles. The standard InChI is InChI=1S/C24H24FNO2/c1-17-13-23(20-9-6-10-21(25)15-20)22(11-12-26-18(2)27)24(14-17)28-16-19-7-4-3-5-8-19/h3-10,13-15H,11-12,16H2,1-2H3,(H,26,27). The average molecular weight is 377 g/mol. The molecule has 0 aromatic heterocycles. The van der Waals surface area contributed by atoms with Gasteiger partial charge in [0.25, 0.3) is 0 Å². The van der Waals surface area contributed by atoms with Gasteiger partial charge in [0.2, 0.25) is 5.91 Å². The predicted molar refractivity (Wildman–Crippen MR) is 110 cm³/mol. The van der Waals surface area contributed by atoms with Crippen LogP contribution in [0.25, 0.3) is 11.1 Å². The summed E-state index contributed by atoms with van der Waals surface area (Å²) in [6, 6.07) is 20.5. The largest absolute Gasteiger partial charge is 0.489 e. The van der Waals surface area contributed by atoms with Gasteiger partial charge in [-0.1, -0.05) is 48.5 Å². The van der Waals surface area contributed by atoms with Crippen molar-refractivity contribution in [3.05, 3.63) is 89.2 Å². The van der Waals surface area contributed by atoms with Crippen molar-refractivity contribution in [2.75, 3.05) is 6.54 Å². The highest BCUT2D eigenvalue weighted by Gasteiger charge is 2.14. The van der Waals surface area contributed by atoms with E-state index in [0.29, 0.717) is 19.6 Å². The predicted octanol–water partition coefficient (Wildman–Crippen LogP) is 5.06. The third kappa shape index (κ3) is 5.19. The third-order valence-corrected chi connectivity index (χ3v) is 4.48. The highest BCUT2D eigenvalue weighted by atomic mass is 19.1. The van der Waals surface area contributed by atoms with Crippen molar-refractivity contribution in [1.82, 2.24) is 5.32 Å². The molecule has 1 N–H and O–H groups in total. The van der Waals surface area contributed by atoms with E-state index in [4.69, 9.17) is 4.74 Å². The van der Waals surface area contributed by atoms with Crippen LogP contribution >= 0.6 is 0 Å². The van der Waals surface area contributed by atoms with Crippen molar-refractivity contribution < 1.29 is 13.9 Å². The van der Waals surface area contributed by atoms with Crippen LogP contribution < -0.4 is 10.1 Å². The smallest absolute Gasteiger partial charge is 0.216 e. The molecule has 4 heteroatoms. The first-order valence-corrected chi connectivity index (χ1v) is 9.33. The second kappa shape index (κ2) is 9.18. The Balaban J connectivity index is 1.97. The zero-order valence-electron chi connectivity index (χ0n) is 16.2. The lowest BCUT2D eigenvalue weighted by atomic mass is 9.94. The number of benzene rings is 3. The van der Waals surface area contributed by atoms with Crippen LogP contribution in [-0.4, -0.2) is 12.5 Å². The molecule has 0 fully saturated rings. The lowest BCUT2D eigenvalue weighted by Crippen LogP contribution is -2.22. The summed E-state index contributed by atoms with van der Waals surface area (Å²) in [4.78, 5) is 11.3. The van der Waals surface area contributed by atoms with Gasteiger partial charge in [0.1, 0.15) is 18.2 Å². The summed E-state index contributed by atoms with van der Waals surface area (Å²) in [5, 5.41) is 2.83. The highest BCUT2D eigenvalue weighted by Crippen LogP contribution is 2.33. The first-order valence-electron chi connectivity index (χ1n) is 9.33. The molecular weight excluding hydrogens is 353 g/mol. The Bertz CT molecular complexity index is 954. The summed E-state index contributed by atoms with van der Waals surface area (Å²) in [5.41, 5.74) is 4.79. The van der Waals surface area contributed by atoms with E-state index in [9.17, 15) is 9.18 Å². The normalized spacial score (nSPS) is 10.5. The maximum atomic E-state index is 13.8. The molecule has 3 nitrogen and oxygen atoms in total. The van der Waals surface area contributed by atoms with Crippen LogP contribution in [0.1, 0.15) is 23.6 Å². The van der Waals surface area contributed by atoms with Crippen LogP contribution in [0.4, 0.5) is 4.39 Å². The third-order valence-electron chi connectivity index (χ3n) is 4.48. The van der Waals surface area contributed by atoms with E-state index in [1.54, 1.807) is 6.07 Å². The van der Waals surface area contributed by atoms with E-state index in [2.05, 4.69) is 5.32 Å². The molecule has 0 aliphatic rings. The maximum absolute atomic E-state index is 13.8. The fourth-order valence-corrected chi connectivity index (χ4v) is 3.18. The minimum absolute atomic E-state index is 0.0776. The van der Waals surface area contributed by atoms with Crippen molar-refractivity contribution in [1.29, 1.82) is 0 Å². The first-order chi connectivity index (χ1) is 13.5. The number of hydrogen-bond donors (Lipinski definition) is 1. The Morgan fingerprint density at radius 2 is 1.82 bits per heavy atom. The van der Waals surface area contributed by atoms with Gasteiger partial charge in [-0.2, -0.15) is 0 Å². The van der Waals surface area contributed by atoms with Crippen molar-refractivity contribution in [3.63, 3.8) is 0 Å². The van der Waals surface area contributed by atoms with Gasteiger partial charge in [-0.15, -0.1) is 0 Å². The molecule has 0 atom stereocenters. The van der Waals surface area contributed by atoms with E-state index in [-0.39, 0.29) is 11.7 Å². The van der Waals surface area contributed by atoms with E-state index < -0.39 is 0 Å². The van der Waals surface area contributed by atoms with Crippen LogP contribution in [0.5, 0.6) is 5.75 Å². The minimum Gasteiger partial charge on any atom is -0.489 e. The maximum Gasteiger partial charge on any atom is 0.216 e. The second-order valence-corrected chi connectivity index (χ2v) is 6.81. The molecule has 0 spiro atoms. The Morgan fingerprint density at radius 3 is 2.54 bits per heavy atom. The fraction of sp³-hybridized carbons (Fsp3) is 0.208. The van der Waals surface area contributed by atoms with Crippen LogP contribution in [0.15, 0.2) is 66.7 Å². The number of hydrogen-bond acceptors (Lipinski definition) is 2. The number of rotatable bonds is 7. The molecule has 0 saturated heterocycles. The van der Waals surface area contributed by atoms with Gasteiger partial charge in [0.15, 0.2) is 0 Å². The lowest BCUT2D eigenvalue weighted by molar-refractivity contribution is -0.118. The van der Waals surface area contributed by atoms with Gasteiger partial charge in [0, 0.05) is 19.0 Å². The molecule has 3 rings (SSSR count). The van der Waals surface area contributed by atoms with Gasteiger partial charge in [0.05, 0.1) is 0 Å². The number of amides is 1. The molecule has 1 amide bonds. The van der Waals surface area contributed by atoms with Crippen LogP contribution in [0.2, 0.25) is 0 Å². The number of carbonyl (C=O) groups excluding carboxylic acids is 1. The van der Waals surface area contributed by atoms with E-state index in [0.717, 1.165) is 33.6 Å². The molecule has 0 radical (unpaired) electrons. The molecule has 28 heavy (non-hydrogen) atoms. The Morgan fingerprint density at radius 1 is 1.04 bits per heavy atom. The summed E-state index contributed by atoms with van der Waals surface area (Å²) in [6.45, 7) is 4.42. The Hall–Kier alpha value is -3.14. The second-order valence-electron chi connectivity index (χ2n) is 6.81. The molecule has 3 aromatic rings. The quantitative estimate of drug-likeness (QED) is 0.625. The summed E-state index contributed by atoms with van der Waals surface area (Å²) in [6.07, 6.45) is 0.593. The number of aryl methyl sites for hydroxylation is 1. The van der Waals surface area contributed by atoms with Gasteiger partial charge in [-0.25, -0.2) is 4.39 Å². The van der Waals surface area contributed by atoms with E-state index in [1.807, 2.05) is 55.5 Å². The molecular formula is C24H24FNO2. The van der Waals surface area contributed by atoms with Gasteiger partial charge in [-0.05, 0) is 53.8 Å². The van der Waals surface area contributed by atoms with Gasteiger partial charge < -0.3 is 10.1 Å². The first kappa shape index (κ1) is 19.6. The van der Waals surface area contributed by atoms with Crippen molar-refractivity contribution in [2.24, 2.45) is 0 Å². The van der Waals surface area contributed by atoms with Crippen molar-refractivity contribution in [2.45, 2.75) is 26.9 Å². The molecule has 3 aromatic carbocycles. The molecule has 0 unspecified atom stereocenters. The van der Waals surface area contributed by atoms with Gasteiger partial charge >= 0.3 is 0 Å².